The van der Waals surface area contributed by atoms with Crippen LogP contribution in [0.2, 0.25) is 0 Å². The average molecular weight is 307 g/mol. The molecular weight excluding hydrogens is 286 g/mol. The molecule has 0 heterocycles. The van der Waals surface area contributed by atoms with Gasteiger partial charge in [-0.2, -0.15) is 0 Å². The number of carbonyl (C=O) groups excluding carboxylic acids is 2. The molecule has 0 spiro atoms. The Kier molecular flexibility index (Phi) is 7.45. The second-order valence-electron chi connectivity index (χ2n) is 4.67. The quantitative estimate of drug-likeness (QED) is 0.539. The van der Waals surface area contributed by atoms with Gasteiger partial charge in [0.1, 0.15) is 0 Å². The molecule has 0 saturated carbocycles. The van der Waals surface area contributed by atoms with Gasteiger partial charge in [-0.1, -0.05) is 12.1 Å². The first-order chi connectivity index (χ1) is 10.5. The van der Waals surface area contributed by atoms with Gasteiger partial charge in [0.25, 0.3) is 5.91 Å². The van der Waals surface area contributed by atoms with E-state index in [1.165, 1.54) is 0 Å². The zero-order chi connectivity index (χ0) is 16.4. The minimum Gasteiger partial charge on any atom is -0.481 e. The topological polar surface area (TPSA) is 108 Å². The van der Waals surface area contributed by atoms with Crippen LogP contribution in [-0.4, -0.2) is 36.1 Å². The Hall–Kier alpha value is -2.57. The van der Waals surface area contributed by atoms with Gasteiger partial charge < -0.3 is 21.1 Å². The highest BCUT2D eigenvalue weighted by Crippen LogP contribution is 2.05. The highest BCUT2D eigenvalue weighted by atomic mass is 16.4. The number of urea groups is 1. The largest absolute Gasteiger partial charge is 0.481 e. The molecule has 0 bridgehead atoms. The Labute approximate surface area is 129 Å². The van der Waals surface area contributed by atoms with E-state index in [1.54, 1.807) is 18.2 Å². The number of carbonyl (C=O) groups is 3. The van der Waals surface area contributed by atoms with E-state index in [0.717, 1.165) is 5.56 Å². The highest BCUT2D eigenvalue weighted by Gasteiger charge is 2.06. The van der Waals surface area contributed by atoms with Crippen molar-refractivity contribution in [3.05, 3.63) is 35.4 Å². The fraction of sp³-hybridized carbons (Fsp3) is 0.400. The highest BCUT2D eigenvalue weighted by molar-refractivity contribution is 5.94. The SMILES string of the molecule is CCNC(=O)c1cccc(CNC(=O)NCCCC(=O)O)c1. The molecule has 0 aromatic heterocycles. The molecule has 0 unspecified atom stereocenters. The maximum atomic E-state index is 11.7. The van der Waals surface area contributed by atoms with Gasteiger partial charge in [-0.25, -0.2) is 4.79 Å². The fourth-order valence-electron chi connectivity index (χ4n) is 1.77. The Morgan fingerprint density at radius 3 is 2.59 bits per heavy atom. The number of hydrogen-bond acceptors (Lipinski definition) is 3. The summed E-state index contributed by atoms with van der Waals surface area (Å²) in [5.74, 6) is -1.04. The normalized spacial score (nSPS) is 9.86. The van der Waals surface area contributed by atoms with Gasteiger partial charge >= 0.3 is 12.0 Å². The monoisotopic (exact) mass is 307 g/mol. The van der Waals surface area contributed by atoms with Crippen molar-refractivity contribution in [2.45, 2.75) is 26.3 Å². The lowest BCUT2D eigenvalue weighted by Crippen LogP contribution is -2.35. The Morgan fingerprint density at radius 1 is 1.14 bits per heavy atom. The van der Waals surface area contributed by atoms with Crippen molar-refractivity contribution in [1.82, 2.24) is 16.0 Å². The first kappa shape index (κ1) is 17.5. The van der Waals surface area contributed by atoms with Crippen molar-refractivity contribution in [1.29, 1.82) is 0 Å². The summed E-state index contributed by atoms with van der Waals surface area (Å²) < 4.78 is 0. The molecule has 0 aliphatic heterocycles. The van der Waals surface area contributed by atoms with E-state index in [9.17, 15) is 14.4 Å². The molecule has 4 N–H and O–H groups in total. The van der Waals surface area contributed by atoms with Crippen molar-refractivity contribution in [3.8, 4) is 0 Å². The molecule has 3 amide bonds. The molecule has 7 heteroatoms. The summed E-state index contributed by atoms with van der Waals surface area (Å²) in [5, 5.41) is 16.4. The number of rotatable bonds is 8. The van der Waals surface area contributed by atoms with Crippen LogP contribution in [0.1, 0.15) is 35.7 Å². The molecule has 0 saturated heterocycles. The van der Waals surface area contributed by atoms with Crippen LogP contribution in [0.3, 0.4) is 0 Å². The number of hydrogen-bond donors (Lipinski definition) is 4. The van der Waals surface area contributed by atoms with Crippen molar-refractivity contribution < 1.29 is 19.5 Å². The first-order valence-electron chi connectivity index (χ1n) is 7.13. The Bertz CT molecular complexity index is 531. The van der Waals surface area contributed by atoms with Crippen LogP contribution in [0.4, 0.5) is 4.79 Å². The van der Waals surface area contributed by atoms with Crippen LogP contribution in [0.5, 0.6) is 0 Å². The third-order valence-corrected chi connectivity index (χ3v) is 2.83. The molecule has 0 radical (unpaired) electrons. The van der Waals surface area contributed by atoms with Gasteiger partial charge in [-0.15, -0.1) is 0 Å². The molecule has 1 aromatic rings. The van der Waals surface area contributed by atoms with Gasteiger partial charge in [-0.05, 0) is 31.0 Å². The van der Waals surface area contributed by atoms with Crippen LogP contribution in [-0.2, 0) is 11.3 Å². The molecule has 22 heavy (non-hydrogen) atoms. The molecule has 0 aliphatic rings. The summed E-state index contributed by atoms with van der Waals surface area (Å²) in [7, 11) is 0. The molecular formula is C15H21N3O4. The summed E-state index contributed by atoms with van der Waals surface area (Å²) in [6, 6.07) is 6.63. The summed E-state index contributed by atoms with van der Waals surface area (Å²) >= 11 is 0. The predicted molar refractivity (Wildman–Crippen MR) is 81.6 cm³/mol. The smallest absolute Gasteiger partial charge is 0.315 e. The van der Waals surface area contributed by atoms with Crippen LogP contribution < -0.4 is 16.0 Å². The molecule has 0 fully saturated rings. The third kappa shape index (κ3) is 6.74. The van der Waals surface area contributed by atoms with Gasteiger partial charge in [0, 0.05) is 31.6 Å². The Balaban J connectivity index is 2.37. The van der Waals surface area contributed by atoms with Crippen LogP contribution in [0.25, 0.3) is 0 Å². The summed E-state index contributed by atoms with van der Waals surface area (Å²) in [5.41, 5.74) is 1.35. The minimum atomic E-state index is -0.885. The number of carboxylic acid groups (broad SMARTS) is 1. The lowest BCUT2D eigenvalue weighted by molar-refractivity contribution is -0.137. The maximum Gasteiger partial charge on any atom is 0.315 e. The van der Waals surface area contributed by atoms with E-state index in [2.05, 4.69) is 16.0 Å². The summed E-state index contributed by atoms with van der Waals surface area (Å²) in [6.45, 7) is 2.99. The first-order valence-corrected chi connectivity index (χ1v) is 7.13. The van der Waals surface area contributed by atoms with E-state index in [4.69, 9.17) is 5.11 Å². The standard InChI is InChI=1S/C15H21N3O4/c1-2-16-14(21)12-6-3-5-11(9-12)10-18-15(22)17-8-4-7-13(19)20/h3,5-6,9H,2,4,7-8,10H2,1H3,(H,16,21)(H,19,20)(H2,17,18,22). The van der Waals surface area contributed by atoms with Crippen LogP contribution in [0, 0.1) is 0 Å². The van der Waals surface area contributed by atoms with Gasteiger partial charge in [0.05, 0.1) is 0 Å². The predicted octanol–water partition coefficient (Wildman–Crippen LogP) is 1.10. The van der Waals surface area contributed by atoms with Crippen molar-refractivity contribution >= 4 is 17.9 Å². The fourth-order valence-corrected chi connectivity index (χ4v) is 1.77. The number of benzene rings is 1. The zero-order valence-electron chi connectivity index (χ0n) is 12.5. The van der Waals surface area contributed by atoms with Crippen molar-refractivity contribution in [3.63, 3.8) is 0 Å². The van der Waals surface area contributed by atoms with Gasteiger partial charge in [0.2, 0.25) is 0 Å². The van der Waals surface area contributed by atoms with Gasteiger partial charge in [0.15, 0.2) is 0 Å². The number of carboxylic acids is 1. The van der Waals surface area contributed by atoms with Crippen LogP contribution in [0.15, 0.2) is 24.3 Å². The summed E-state index contributed by atoms with van der Waals surface area (Å²) in [6.07, 6.45) is 0.407. The Morgan fingerprint density at radius 2 is 1.91 bits per heavy atom. The molecule has 1 aromatic carbocycles. The molecule has 1 rings (SSSR count). The summed E-state index contributed by atoms with van der Waals surface area (Å²) in [4.78, 5) is 33.6. The number of nitrogens with one attached hydrogen (secondary N) is 3. The van der Waals surface area contributed by atoms with Crippen LogP contribution >= 0.6 is 0 Å². The van der Waals surface area contributed by atoms with Crippen molar-refractivity contribution in [2.75, 3.05) is 13.1 Å². The van der Waals surface area contributed by atoms with E-state index in [1.807, 2.05) is 13.0 Å². The molecule has 7 nitrogen and oxygen atoms in total. The second-order valence-corrected chi connectivity index (χ2v) is 4.67. The minimum absolute atomic E-state index is 0.0227. The molecule has 120 valence electrons. The molecule has 0 atom stereocenters. The lowest BCUT2D eigenvalue weighted by atomic mass is 10.1. The van der Waals surface area contributed by atoms with Crippen molar-refractivity contribution in [2.24, 2.45) is 0 Å². The van der Waals surface area contributed by atoms with E-state index >= 15 is 0 Å². The molecule has 0 aliphatic carbocycles. The number of aliphatic carboxylic acids is 1. The third-order valence-electron chi connectivity index (χ3n) is 2.83. The van der Waals surface area contributed by atoms with E-state index < -0.39 is 5.97 Å². The average Bonchev–Trinajstić information content (AvgIpc) is 2.50. The second kappa shape index (κ2) is 9.38. The van der Waals surface area contributed by atoms with Gasteiger partial charge in [-0.3, -0.25) is 9.59 Å². The number of amides is 3. The zero-order valence-corrected chi connectivity index (χ0v) is 12.5. The van der Waals surface area contributed by atoms with E-state index in [0.29, 0.717) is 25.1 Å². The maximum absolute atomic E-state index is 11.7. The lowest BCUT2D eigenvalue weighted by Gasteiger charge is -2.08. The van der Waals surface area contributed by atoms with E-state index in [-0.39, 0.29) is 24.9 Å².